The first-order valence-corrected chi connectivity index (χ1v) is 7.87. The Labute approximate surface area is 130 Å². The Hall–Kier alpha value is -1.68. The van der Waals surface area contributed by atoms with Crippen molar-refractivity contribution in [3.8, 4) is 17.1 Å². The summed E-state index contributed by atoms with van der Waals surface area (Å²) in [5, 5.41) is 0. The van der Waals surface area contributed by atoms with E-state index in [0.29, 0.717) is 0 Å². The van der Waals surface area contributed by atoms with Gasteiger partial charge >= 0.3 is 0 Å². The maximum atomic E-state index is 5.52. The number of rotatable bonds is 2. The molecule has 0 amide bonds. The van der Waals surface area contributed by atoms with E-state index in [1.165, 1.54) is 36.1 Å². The zero-order chi connectivity index (χ0) is 14.8. The Balaban J connectivity index is 2.14. The molecule has 1 aliphatic rings. The second-order valence-electron chi connectivity index (χ2n) is 5.61. The van der Waals surface area contributed by atoms with E-state index in [4.69, 9.17) is 17.0 Å². The highest BCUT2D eigenvalue weighted by Gasteiger charge is 2.15. The van der Waals surface area contributed by atoms with Crippen LogP contribution in [0, 0.1) is 11.6 Å². The molecule has 21 heavy (non-hydrogen) atoms. The SMILES string of the molecule is COc1cc(C)ccc1-c1nc(=S)c2c([nH]1)CCCCC2. The maximum absolute atomic E-state index is 5.52. The lowest BCUT2D eigenvalue weighted by Gasteiger charge is -2.12. The number of hydrogen-bond acceptors (Lipinski definition) is 3. The van der Waals surface area contributed by atoms with Crippen molar-refractivity contribution < 1.29 is 4.74 Å². The predicted molar refractivity (Wildman–Crippen MR) is 87.4 cm³/mol. The lowest BCUT2D eigenvalue weighted by molar-refractivity contribution is 0.416. The Bertz CT molecular complexity index is 721. The molecule has 1 N–H and O–H groups in total. The smallest absolute Gasteiger partial charge is 0.142 e. The van der Waals surface area contributed by atoms with Gasteiger partial charge in [0.1, 0.15) is 16.2 Å². The molecule has 0 aliphatic heterocycles. The molecule has 0 fully saturated rings. The van der Waals surface area contributed by atoms with Crippen LogP contribution in [0.2, 0.25) is 0 Å². The van der Waals surface area contributed by atoms with Crippen LogP contribution in [0.4, 0.5) is 0 Å². The van der Waals surface area contributed by atoms with Crippen LogP contribution in [0.1, 0.15) is 36.1 Å². The molecule has 4 heteroatoms. The molecule has 2 aromatic rings. The van der Waals surface area contributed by atoms with Gasteiger partial charge in [0.2, 0.25) is 0 Å². The number of aryl methyl sites for hydroxylation is 2. The van der Waals surface area contributed by atoms with Crippen molar-refractivity contribution in [3.05, 3.63) is 39.7 Å². The van der Waals surface area contributed by atoms with Crippen molar-refractivity contribution >= 4 is 12.2 Å². The summed E-state index contributed by atoms with van der Waals surface area (Å²) in [5.41, 5.74) is 4.63. The summed E-state index contributed by atoms with van der Waals surface area (Å²) in [7, 11) is 1.69. The van der Waals surface area contributed by atoms with E-state index >= 15 is 0 Å². The minimum absolute atomic E-state index is 0.739. The third-order valence-electron chi connectivity index (χ3n) is 4.07. The second-order valence-corrected chi connectivity index (χ2v) is 6.00. The molecule has 3 nitrogen and oxygen atoms in total. The molecule has 1 heterocycles. The molecule has 1 aliphatic carbocycles. The molecule has 0 spiro atoms. The number of nitrogens with zero attached hydrogens (tertiary/aromatic N) is 1. The first kappa shape index (κ1) is 14.3. The highest BCUT2D eigenvalue weighted by molar-refractivity contribution is 7.71. The molecule has 0 saturated carbocycles. The number of methoxy groups -OCH3 is 1. The van der Waals surface area contributed by atoms with Crippen molar-refractivity contribution in [2.45, 2.75) is 39.0 Å². The van der Waals surface area contributed by atoms with Crippen LogP contribution in [-0.2, 0) is 12.8 Å². The Morgan fingerprint density at radius 3 is 2.81 bits per heavy atom. The average Bonchev–Trinajstić information content (AvgIpc) is 2.72. The lowest BCUT2D eigenvalue weighted by atomic mass is 10.1. The fourth-order valence-corrected chi connectivity index (χ4v) is 3.23. The van der Waals surface area contributed by atoms with Crippen LogP contribution in [0.5, 0.6) is 5.75 Å². The van der Waals surface area contributed by atoms with E-state index in [1.54, 1.807) is 7.11 Å². The largest absolute Gasteiger partial charge is 0.496 e. The molecule has 0 radical (unpaired) electrons. The summed E-state index contributed by atoms with van der Waals surface area (Å²) in [4.78, 5) is 8.11. The monoisotopic (exact) mass is 300 g/mol. The molecule has 0 bridgehead atoms. The van der Waals surface area contributed by atoms with Crippen molar-refractivity contribution in [1.29, 1.82) is 0 Å². The van der Waals surface area contributed by atoms with Gasteiger partial charge in [0.15, 0.2) is 0 Å². The van der Waals surface area contributed by atoms with Gasteiger partial charge in [0.05, 0.1) is 12.7 Å². The molecule has 0 unspecified atom stereocenters. The van der Waals surface area contributed by atoms with E-state index in [0.717, 1.165) is 34.6 Å². The minimum Gasteiger partial charge on any atom is -0.496 e. The molecular formula is C17H20N2OS. The van der Waals surface area contributed by atoms with Gasteiger partial charge in [-0.15, -0.1) is 0 Å². The number of aromatic nitrogens is 2. The molecular weight excluding hydrogens is 280 g/mol. The van der Waals surface area contributed by atoms with E-state index in [2.05, 4.69) is 23.0 Å². The molecule has 110 valence electrons. The fraction of sp³-hybridized carbons (Fsp3) is 0.412. The molecule has 1 aromatic heterocycles. The number of ether oxygens (including phenoxy) is 1. The maximum Gasteiger partial charge on any atom is 0.142 e. The number of aromatic amines is 1. The van der Waals surface area contributed by atoms with E-state index < -0.39 is 0 Å². The zero-order valence-electron chi connectivity index (χ0n) is 12.5. The normalized spacial score (nSPS) is 14.4. The fourth-order valence-electron chi connectivity index (χ4n) is 2.92. The van der Waals surface area contributed by atoms with Crippen molar-refractivity contribution in [2.75, 3.05) is 7.11 Å². The highest BCUT2D eigenvalue weighted by atomic mass is 32.1. The topological polar surface area (TPSA) is 37.9 Å². The van der Waals surface area contributed by atoms with Crippen LogP contribution < -0.4 is 4.74 Å². The number of benzene rings is 1. The van der Waals surface area contributed by atoms with Crippen LogP contribution in [0.3, 0.4) is 0 Å². The third-order valence-corrected chi connectivity index (χ3v) is 4.41. The van der Waals surface area contributed by atoms with Gasteiger partial charge in [-0.2, -0.15) is 0 Å². The van der Waals surface area contributed by atoms with Gasteiger partial charge in [-0.25, -0.2) is 4.98 Å². The summed E-state index contributed by atoms with van der Waals surface area (Å²) in [6.07, 6.45) is 5.79. The molecule has 3 rings (SSSR count). The molecule has 0 atom stereocenters. The number of hydrogen-bond donors (Lipinski definition) is 1. The van der Waals surface area contributed by atoms with Crippen LogP contribution in [0.25, 0.3) is 11.4 Å². The third kappa shape index (κ3) is 2.86. The summed E-state index contributed by atoms with van der Waals surface area (Å²) in [6.45, 7) is 2.05. The van der Waals surface area contributed by atoms with Crippen LogP contribution in [-0.4, -0.2) is 17.1 Å². The van der Waals surface area contributed by atoms with Crippen molar-refractivity contribution in [1.82, 2.24) is 9.97 Å². The summed E-state index contributed by atoms with van der Waals surface area (Å²) >= 11 is 5.52. The summed E-state index contributed by atoms with van der Waals surface area (Å²) < 4.78 is 6.23. The van der Waals surface area contributed by atoms with Crippen molar-refractivity contribution in [3.63, 3.8) is 0 Å². The first-order chi connectivity index (χ1) is 10.2. The number of H-pyrrole nitrogens is 1. The standard InChI is InChI=1S/C17H20N2OS/c1-11-8-9-13(15(10-11)20-2)16-18-14-7-5-3-4-6-12(14)17(21)19-16/h8-10H,3-7H2,1-2H3,(H,18,19,21). The van der Waals surface area contributed by atoms with Gasteiger partial charge < -0.3 is 9.72 Å². The van der Waals surface area contributed by atoms with Gasteiger partial charge in [0, 0.05) is 11.3 Å². The summed E-state index contributed by atoms with van der Waals surface area (Å²) in [6, 6.07) is 6.15. The Kier molecular flexibility index (Phi) is 4.06. The Morgan fingerprint density at radius 1 is 1.19 bits per heavy atom. The number of fused-ring (bicyclic) bond motifs is 1. The van der Waals surface area contributed by atoms with E-state index in [-0.39, 0.29) is 0 Å². The average molecular weight is 300 g/mol. The first-order valence-electron chi connectivity index (χ1n) is 7.46. The van der Waals surface area contributed by atoms with Crippen LogP contribution in [0.15, 0.2) is 18.2 Å². The second kappa shape index (κ2) is 5.98. The highest BCUT2D eigenvalue weighted by Crippen LogP contribution is 2.30. The predicted octanol–water partition coefficient (Wildman–Crippen LogP) is 4.39. The molecule has 0 saturated heterocycles. The van der Waals surface area contributed by atoms with E-state index in [9.17, 15) is 0 Å². The molecule has 1 aromatic carbocycles. The zero-order valence-corrected chi connectivity index (χ0v) is 13.3. The number of nitrogens with one attached hydrogen (secondary N) is 1. The van der Waals surface area contributed by atoms with E-state index in [1.807, 2.05) is 12.1 Å². The quantitative estimate of drug-likeness (QED) is 0.660. The lowest BCUT2D eigenvalue weighted by Crippen LogP contribution is -2.03. The van der Waals surface area contributed by atoms with Crippen LogP contribution >= 0.6 is 12.2 Å². The van der Waals surface area contributed by atoms with Gasteiger partial charge in [-0.3, -0.25) is 0 Å². The Morgan fingerprint density at radius 2 is 2.00 bits per heavy atom. The van der Waals surface area contributed by atoms with Crippen molar-refractivity contribution in [2.24, 2.45) is 0 Å². The van der Waals surface area contributed by atoms with Gasteiger partial charge in [-0.05, 0) is 50.3 Å². The van der Waals surface area contributed by atoms with Gasteiger partial charge in [0.25, 0.3) is 0 Å². The summed E-state index contributed by atoms with van der Waals surface area (Å²) in [5.74, 6) is 1.65. The van der Waals surface area contributed by atoms with Gasteiger partial charge in [-0.1, -0.05) is 24.7 Å². The minimum atomic E-state index is 0.739.